The molecule has 3 aromatic rings. The van der Waals surface area contributed by atoms with Gasteiger partial charge in [-0.2, -0.15) is 4.98 Å². The van der Waals surface area contributed by atoms with Gasteiger partial charge in [-0.1, -0.05) is 12.1 Å². The van der Waals surface area contributed by atoms with E-state index in [4.69, 9.17) is 14.0 Å². The summed E-state index contributed by atoms with van der Waals surface area (Å²) in [7, 11) is -2.42. The highest BCUT2D eigenvalue weighted by Crippen LogP contribution is 2.28. The van der Waals surface area contributed by atoms with E-state index in [1.54, 1.807) is 30.3 Å². The van der Waals surface area contributed by atoms with E-state index in [1.807, 2.05) is 0 Å². The molecule has 0 spiro atoms. The smallest absolute Gasteiger partial charge is 0.262 e. The molecule has 9 nitrogen and oxygen atoms in total. The summed E-state index contributed by atoms with van der Waals surface area (Å²) in [4.78, 5) is 4.31. The number of rotatable bonds is 11. The SMILES string of the molecule is CCCNCCOc1ccc(NS(=O)(=O)c2ccc(-c3ccno3)cc2)c(OC)n1.Cl. The highest BCUT2D eigenvalue weighted by Gasteiger charge is 2.18. The molecule has 31 heavy (non-hydrogen) atoms. The zero-order chi connectivity index (χ0) is 21.4. The van der Waals surface area contributed by atoms with Crippen molar-refractivity contribution in [1.82, 2.24) is 15.5 Å². The number of benzene rings is 1. The van der Waals surface area contributed by atoms with Gasteiger partial charge < -0.3 is 19.3 Å². The summed E-state index contributed by atoms with van der Waals surface area (Å²) in [6, 6.07) is 11.1. The Morgan fingerprint density at radius 1 is 1.06 bits per heavy atom. The summed E-state index contributed by atoms with van der Waals surface area (Å²) in [6.45, 7) is 4.14. The van der Waals surface area contributed by atoms with Gasteiger partial charge in [-0.05, 0) is 43.3 Å². The summed E-state index contributed by atoms with van der Waals surface area (Å²) >= 11 is 0. The van der Waals surface area contributed by atoms with Gasteiger partial charge >= 0.3 is 0 Å². The predicted octanol–water partition coefficient (Wildman–Crippen LogP) is 3.35. The summed E-state index contributed by atoms with van der Waals surface area (Å²) in [6.07, 6.45) is 2.57. The molecule has 2 heterocycles. The van der Waals surface area contributed by atoms with Crippen LogP contribution in [0.4, 0.5) is 5.69 Å². The van der Waals surface area contributed by atoms with Crippen molar-refractivity contribution in [3.05, 3.63) is 48.7 Å². The molecule has 0 aliphatic rings. The minimum Gasteiger partial charge on any atom is -0.479 e. The van der Waals surface area contributed by atoms with E-state index in [-0.39, 0.29) is 28.9 Å². The Balaban J connectivity index is 0.00000341. The van der Waals surface area contributed by atoms with Crippen molar-refractivity contribution < 1.29 is 22.4 Å². The number of halogens is 1. The Hall–Kier alpha value is -2.82. The molecule has 0 aliphatic carbocycles. The quantitative estimate of drug-likeness (QED) is 0.411. The van der Waals surface area contributed by atoms with E-state index in [2.05, 4.69) is 27.1 Å². The maximum absolute atomic E-state index is 12.8. The topological polar surface area (TPSA) is 116 Å². The average molecular weight is 469 g/mol. The molecular weight excluding hydrogens is 444 g/mol. The first-order valence-electron chi connectivity index (χ1n) is 9.46. The molecule has 2 N–H and O–H groups in total. The molecule has 0 saturated heterocycles. The van der Waals surface area contributed by atoms with Crippen molar-refractivity contribution in [2.45, 2.75) is 18.2 Å². The van der Waals surface area contributed by atoms with E-state index in [1.165, 1.54) is 25.4 Å². The van der Waals surface area contributed by atoms with Crippen LogP contribution in [0, 0.1) is 0 Å². The first kappa shape index (κ1) is 24.4. The number of aromatic nitrogens is 2. The highest BCUT2D eigenvalue weighted by atomic mass is 35.5. The van der Waals surface area contributed by atoms with Crippen molar-refractivity contribution in [2.75, 3.05) is 31.5 Å². The van der Waals surface area contributed by atoms with Gasteiger partial charge in [0.25, 0.3) is 10.0 Å². The van der Waals surface area contributed by atoms with Crippen LogP contribution in [0.3, 0.4) is 0 Å². The lowest BCUT2D eigenvalue weighted by molar-refractivity contribution is 0.296. The lowest BCUT2D eigenvalue weighted by Crippen LogP contribution is -2.21. The highest BCUT2D eigenvalue weighted by molar-refractivity contribution is 7.92. The van der Waals surface area contributed by atoms with Gasteiger partial charge in [0.2, 0.25) is 11.8 Å². The number of ether oxygens (including phenoxy) is 2. The van der Waals surface area contributed by atoms with E-state index < -0.39 is 10.0 Å². The monoisotopic (exact) mass is 468 g/mol. The molecule has 0 amide bonds. The van der Waals surface area contributed by atoms with Gasteiger partial charge in [-0.15, -0.1) is 12.4 Å². The van der Waals surface area contributed by atoms with Crippen LogP contribution in [0.25, 0.3) is 11.3 Å². The molecule has 1 aromatic carbocycles. The predicted molar refractivity (Wildman–Crippen MR) is 119 cm³/mol. The second kappa shape index (κ2) is 11.5. The third kappa shape index (κ3) is 6.58. The summed E-state index contributed by atoms with van der Waals surface area (Å²) in [5.41, 5.74) is 0.939. The van der Waals surface area contributed by atoms with Crippen LogP contribution in [0.15, 0.2) is 58.1 Å². The van der Waals surface area contributed by atoms with Crippen molar-refractivity contribution in [3.8, 4) is 23.1 Å². The minimum absolute atomic E-state index is 0. The van der Waals surface area contributed by atoms with Gasteiger partial charge in [0.1, 0.15) is 12.3 Å². The van der Waals surface area contributed by atoms with Gasteiger partial charge in [0, 0.05) is 24.2 Å². The van der Waals surface area contributed by atoms with Gasteiger partial charge in [-0.25, -0.2) is 8.42 Å². The minimum atomic E-state index is -3.84. The lowest BCUT2D eigenvalue weighted by Gasteiger charge is -2.13. The number of anilines is 1. The normalized spacial score (nSPS) is 10.9. The summed E-state index contributed by atoms with van der Waals surface area (Å²) in [5.74, 6) is 1.03. The molecule has 0 unspecified atom stereocenters. The fourth-order valence-electron chi connectivity index (χ4n) is 2.63. The Bertz CT molecular complexity index is 1040. The van der Waals surface area contributed by atoms with E-state index in [0.717, 1.165) is 18.5 Å². The Kier molecular flexibility index (Phi) is 9.10. The largest absolute Gasteiger partial charge is 0.479 e. The molecule has 0 atom stereocenters. The Morgan fingerprint density at radius 2 is 1.84 bits per heavy atom. The molecular formula is C20H25ClN4O5S. The second-order valence-corrected chi connectivity index (χ2v) is 7.99. The number of nitrogens with one attached hydrogen (secondary N) is 2. The van der Waals surface area contributed by atoms with Crippen LogP contribution in [0.5, 0.6) is 11.8 Å². The second-order valence-electron chi connectivity index (χ2n) is 6.31. The Morgan fingerprint density at radius 3 is 2.48 bits per heavy atom. The molecule has 0 fully saturated rings. The fourth-order valence-corrected chi connectivity index (χ4v) is 3.69. The zero-order valence-corrected chi connectivity index (χ0v) is 18.8. The third-order valence-electron chi connectivity index (χ3n) is 4.11. The standard InChI is InChI=1S/C20H24N4O5S.ClH/c1-3-11-21-13-14-28-19-9-8-17(20(23-19)27-2)24-30(25,26)16-6-4-15(5-7-16)18-10-12-22-29-18;/h4-10,12,21,24H,3,11,13-14H2,1-2H3;1H. The van der Waals surface area contributed by atoms with Crippen molar-refractivity contribution in [2.24, 2.45) is 0 Å². The van der Waals surface area contributed by atoms with Crippen molar-refractivity contribution in [1.29, 1.82) is 0 Å². The van der Waals surface area contributed by atoms with Crippen molar-refractivity contribution in [3.63, 3.8) is 0 Å². The molecule has 0 radical (unpaired) electrons. The number of nitrogens with zero attached hydrogens (tertiary/aromatic N) is 2. The van der Waals surface area contributed by atoms with Gasteiger partial charge in [-0.3, -0.25) is 4.72 Å². The third-order valence-corrected chi connectivity index (χ3v) is 5.50. The van der Waals surface area contributed by atoms with Crippen LogP contribution in [0.2, 0.25) is 0 Å². The lowest BCUT2D eigenvalue weighted by atomic mass is 10.2. The van der Waals surface area contributed by atoms with E-state index in [0.29, 0.717) is 24.8 Å². The fraction of sp³-hybridized carbons (Fsp3) is 0.300. The first-order chi connectivity index (χ1) is 14.5. The average Bonchev–Trinajstić information content (AvgIpc) is 3.29. The van der Waals surface area contributed by atoms with Gasteiger partial charge in [0.15, 0.2) is 5.76 Å². The maximum Gasteiger partial charge on any atom is 0.262 e. The molecule has 11 heteroatoms. The van der Waals surface area contributed by atoms with E-state index >= 15 is 0 Å². The number of hydrogen-bond acceptors (Lipinski definition) is 8. The Labute approximate surface area is 187 Å². The molecule has 168 valence electrons. The molecule has 2 aromatic heterocycles. The molecule has 0 bridgehead atoms. The number of pyridine rings is 1. The van der Waals surface area contributed by atoms with Crippen LogP contribution in [0.1, 0.15) is 13.3 Å². The maximum atomic E-state index is 12.8. The summed E-state index contributed by atoms with van der Waals surface area (Å²) in [5, 5.41) is 6.87. The molecule has 3 rings (SSSR count). The van der Waals surface area contributed by atoms with E-state index in [9.17, 15) is 8.42 Å². The van der Waals surface area contributed by atoms with Crippen LogP contribution in [-0.2, 0) is 10.0 Å². The molecule has 0 aliphatic heterocycles. The van der Waals surface area contributed by atoms with Crippen molar-refractivity contribution >= 4 is 28.1 Å². The van der Waals surface area contributed by atoms with Gasteiger partial charge in [0.05, 0.1) is 18.2 Å². The molecule has 0 saturated carbocycles. The van der Waals surface area contributed by atoms with Crippen LogP contribution in [-0.4, -0.2) is 45.4 Å². The number of hydrogen-bond donors (Lipinski definition) is 2. The first-order valence-corrected chi connectivity index (χ1v) is 10.9. The van der Waals surface area contributed by atoms with Crippen LogP contribution < -0.4 is 19.5 Å². The summed E-state index contributed by atoms with van der Waals surface area (Å²) < 4.78 is 43.9. The number of methoxy groups -OCH3 is 1. The zero-order valence-electron chi connectivity index (χ0n) is 17.2. The van der Waals surface area contributed by atoms with Crippen LogP contribution >= 0.6 is 12.4 Å². The number of sulfonamides is 1.